The van der Waals surface area contributed by atoms with E-state index in [0.717, 1.165) is 56.4 Å². The van der Waals surface area contributed by atoms with Crippen molar-refractivity contribution >= 4 is 99.5 Å². The first-order chi connectivity index (χ1) is 34.5. The van der Waals surface area contributed by atoms with Crippen molar-refractivity contribution in [2.45, 2.75) is 78.6 Å². The lowest BCUT2D eigenvalue weighted by Gasteiger charge is -2.32. The van der Waals surface area contributed by atoms with Crippen LogP contribution in [0.2, 0.25) is 5.02 Å². The van der Waals surface area contributed by atoms with Gasteiger partial charge in [-0.15, -0.1) is 11.3 Å². The van der Waals surface area contributed by atoms with Crippen LogP contribution in [0.1, 0.15) is 79.0 Å². The first-order valence-electron chi connectivity index (χ1n) is 25.2. The third-order valence-electron chi connectivity index (χ3n) is 14.5. The number of thiophene rings is 1. The van der Waals surface area contributed by atoms with Gasteiger partial charge in [0.05, 0.1) is 27.8 Å². The van der Waals surface area contributed by atoms with Crippen LogP contribution in [0.3, 0.4) is 0 Å². The van der Waals surface area contributed by atoms with Crippen molar-refractivity contribution in [1.29, 1.82) is 0 Å². The van der Waals surface area contributed by atoms with E-state index in [0.29, 0.717) is 5.02 Å². The van der Waals surface area contributed by atoms with Crippen LogP contribution >= 0.6 is 22.9 Å². The standard InChI is InChI=1S/C68H61ClN2S/c1-66(2,3)47-31-28-44(29-32-47)52-20-14-15-25-60(52)70(50-36-33-48(34-37-50)67(4,5)6)61-26-17-27-62(65(61)69)71(63-43-72-64-39-35-49(42-59(63)64)68(7,8)9)51-19-16-18-45(40-51)46-30-38-57-55-23-11-10-21-53(55)54-22-12-13-24-56(54)58(57)41-46/h10-43H,1-9H3. The predicted octanol–water partition coefficient (Wildman–Crippen LogP) is 21.2. The summed E-state index contributed by atoms with van der Waals surface area (Å²) in [5, 5.41) is 11.7. The topological polar surface area (TPSA) is 6.48 Å². The van der Waals surface area contributed by atoms with Gasteiger partial charge in [-0.3, -0.25) is 0 Å². The van der Waals surface area contributed by atoms with Crippen LogP contribution in [0.4, 0.5) is 34.1 Å². The van der Waals surface area contributed by atoms with Gasteiger partial charge in [0.2, 0.25) is 0 Å². The first-order valence-corrected chi connectivity index (χ1v) is 26.4. The van der Waals surface area contributed by atoms with Crippen molar-refractivity contribution in [2.75, 3.05) is 9.80 Å². The molecular weight excluding hydrogens is 912 g/mol. The Morgan fingerprint density at radius 2 is 0.806 bits per heavy atom. The Hall–Kier alpha value is -7.17. The number of rotatable bonds is 8. The summed E-state index contributed by atoms with van der Waals surface area (Å²) in [6.45, 7) is 20.5. The van der Waals surface area contributed by atoms with Gasteiger partial charge in [-0.2, -0.15) is 0 Å². The van der Waals surface area contributed by atoms with Crippen LogP contribution in [0, 0.1) is 0 Å². The Morgan fingerprint density at radius 1 is 0.333 bits per heavy atom. The summed E-state index contributed by atoms with van der Waals surface area (Å²) in [4.78, 5) is 4.75. The highest BCUT2D eigenvalue weighted by molar-refractivity contribution is 7.17. The van der Waals surface area contributed by atoms with Crippen LogP contribution in [-0.4, -0.2) is 0 Å². The van der Waals surface area contributed by atoms with Crippen molar-refractivity contribution in [3.05, 3.63) is 227 Å². The van der Waals surface area contributed by atoms with Gasteiger partial charge in [-0.25, -0.2) is 0 Å². The SMILES string of the molecule is CC(C)(C)c1ccc(-c2ccccc2N(c2ccc(C(C)(C)C)cc2)c2cccc(N(c3cccc(-c4ccc5c6ccccc6c6ccccc6c5c4)c3)c3csc4ccc(C(C)(C)C)cc34)c2Cl)cc1. The van der Waals surface area contributed by atoms with Gasteiger partial charge in [0, 0.05) is 32.4 Å². The molecule has 0 bridgehead atoms. The summed E-state index contributed by atoms with van der Waals surface area (Å²) in [5.41, 5.74) is 14.4. The molecule has 0 spiro atoms. The largest absolute Gasteiger partial charge is 0.308 e. The molecule has 11 rings (SSSR count). The molecule has 0 atom stereocenters. The van der Waals surface area contributed by atoms with Crippen LogP contribution in [0.5, 0.6) is 0 Å². The number of nitrogens with zero attached hydrogens (tertiary/aromatic N) is 2. The van der Waals surface area contributed by atoms with Gasteiger partial charge in [0.1, 0.15) is 0 Å². The van der Waals surface area contributed by atoms with Crippen molar-refractivity contribution in [2.24, 2.45) is 0 Å². The van der Waals surface area contributed by atoms with E-state index < -0.39 is 0 Å². The van der Waals surface area contributed by atoms with Gasteiger partial charge in [0.15, 0.2) is 0 Å². The van der Waals surface area contributed by atoms with Crippen LogP contribution in [0.25, 0.3) is 64.7 Å². The van der Waals surface area contributed by atoms with Crippen molar-refractivity contribution in [1.82, 2.24) is 0 Å². The minimum absolute atomic E-state index is 0.00610. The maximum absolute atomic E-state index is 8.14. The van der Waals surface area contributed by atoms with Crippen molar-refractivity contribution in [3.63, 3.8) is 0 Å². The lowest BCUT2D eigenvalue weighted by atomic mass is 9.86. The summed E-state index contributed by atoms with van der Waals surface area (Å²) in [5.74, 6) is 0. The minimum Gasteiger partial charge on any atom is -0.308 e. The van der Waals surface area contributed by atoms with E-state index in [1.807, 2.05) is 0 Å². The quantitative estimate of drug-likeness (QED) is 0.140. The lowest BCUT2D eigenvalue weighted by Crippen LogP contribution is -2.16. The number of para-hydroxylation sites is 1. The molecule has 0 unspecified atom stereocenters. The van der Waals surface area contributed by atoms with Crippen LogP contribution in [-0.2, 0) is 16.2 Å². The first kappa shape index (κ1) is 47.2. The van der Waals surface area contributed by atoms with E-state index in [9.17, 15) is 0 Å². The molecule has 0 saturated heterocycles. The third kappa shape index (κ3) is 8.63. The molecule has 11 aromatic rings. The fraction of sp³-hybridized carbons (Fsp3) is 0.176. The molecule has 4 heteroatoms. The monoisotopic (exact) mass is 972 g/mol. The maximum Gasteiger partial charge on any atom is 0.0887 e. The zero-order valence-electron chi connectivity index (χ0n) is 42.8. The second-order valence-electron chi connectivity index (χ2n) is 22.4. The van der Waals surface area contributed by atoms with E-state index in [2.05, 4.69) is 278 Å². The van der Waals surface area contributed by atoms with E-state index >= 15 is 0 Å². The summed E-state index contributed by atoms with van der Waals surface area (Å²) >= 11 is 9.91. The molecule has 0 aliphatic carbocycles. The average molecular weight is 974 g/mol. The zero-order chi connectivity index (χ0) is 50.1. The van der Waals surface area contributed by atoms with E-state index in [1.165, 1.54) is 59.1 Å². The Morgan fingerprint density at radius 3 is 1.42 bits per heavy atom. The Labute approximate surface area is 434 Å². The molecule has 10 aromatic carbocycles. The number of benzene rings is 10. The number of fused-ring (bicyclic) bond motifs is 7. The molecule has 0 amide bonds. The number of hydrogen-bond donors (Lipinski definition) is 0. The average Bonchev–Trinajstić information content (AvgIpc) is 3.80. The molecule has 2 nitrogen and oxygen atoms in total. The molecule has 1 aromatic heterocycles. The number of halogens is 1. The molecule has 72 heavy (non-hydrogen) atoms. The lowest BCUT2D eigenvalue weighted by molar-refractivity contribution is 0.590. The highest BCUT2D eigenvalue weighted by Gasteiger charge is 2.27. The van der Waals surface area contributed by atoms with Gasteiger partial charge in [-0.1, -0.05) is 213 Å². The fourth-order valence-corrected chi connectivity index (χ4v) is 11.6. The van der Waals surface area contributed by atoms with Gasteiger partial charge < -0.3 is 9.80 Å². The summed E-state index contributed by atoms with van der Waals surface area (Å²) in [6, 6.07) is 73.9. The molecule has 0 radical (unpaired) electrons. The van der Waals surface area contributed by atoms with E-state index in [-0.39, 0.29) is 16.2 Å². The highest BCUT2D eigenvalue weighted by atomic mass is 35.5. The van der Waals surface area contributed by atoms with Gasteiger partial charge >= 0.3 is 0 Å². The molecule has 0 saturated carbocycles. The number of anilines is 6. The molecule has 1 heterocycles. The summed E-state index contributed by atoms with van der Waals surface area (Å²) in [6.07, 6.45) is 0. The molecule has 0 aliphatic rings. The summed E-state index contributed by atoms with van der Waals surface area (Å²) < 4.78 is 1.23. The third-order valence-corrected chi connectivity index (χ3v) is 15.8. The second kappa shape index (κ2) is 18.1. The summed E-state index contributed by atoms with van der Waals surface area (Å²) in [7, 11) is 0. The molecule has 0 aliphatic heterocycles. The smallest absolute Gasteiger partial charge is 0.0887 e. The highest BCUT2D eigenvalue weighted by Crippen LogP contribution is 2.51. The number of hydrogen-bond acceptors (Lipinski definition) is 3. The Bertz CT molecular complexity index is 3790. The molecule has 356 valence electrons. The normalized spacial score (nSPS) is 12.3. The Kier molecular flexibility index (Phi) is 11.9. The van der Waals surface area contributed by atoms with Crippen molar-refractivity contribution < 1.29 is 0 Å². The van der Waals surface area contributed by atoms with Crippen LogP contribution in [0.15, 0.2) is 206 Å². The second-order valence-corrected chi connectivity index (χ2v) is 23.7. The van der Waals surface area contributed by atoms with Crippen molar-refractivity contribution in [3.8, 4) is 22.3 Å². The molecule has 0 N–H and O–H groups in total. The minimum atomic E-state index is -0.0369. The van der Waals surface area contributed by atoms with E-state index in [4.69, 9.17) is 11.6 Å². The van der Waals surface area contributed by atoms with Crippen LogP contribution < -0.4 is 9.80 Å². The Balaban J connectivity index is 1.12. The van der Waals surface area contributed by atoms with Gasteiger partial charge in [-0.05, 0) is 143 Å². The predicted molar refractivity (Wildman–Crippen MR) is 316 cm³/mol. The zero-order valence-corrected chi connectivity index (χ0v) is 44.4. The van der Waals surface area contributed by atoms with Gasteiger partial charge in [0.25, 0.3) is 0 Å². The fourth-order valence-electron chi connectivity index (χ4n) is 10.4. The maximum atomic E-state index is 8.14. The van der Waals surface area contributed by atoms with E-state index in [1.54, 1.807) is 11.3 Å². The molecule has 0 fully saturated rings. The molecular formula is C68H61ClN2S.